The van der Waals surface area contributed by atoms with E-state index in [0.29, 0.717) is 11.1 Å². The van der Waals surface area contributed by atoms with Gasteiger partial charge in [0.15, 0.2) is 11.6 Å². The van der Waals surface area contributed by atoms with E-state index < -0.39 is 0 Å². The molecule has 0 aromatic heterocycles. The van der Waals surface area contributed by atoms with Crippen LogP contribution in [0.15, 0.2) is 60.7 Å². The lowest BCUT2D eigenvalue weighted by molar-refractivity contribution is -0.111. The van der Waals surface area contributed by atoms with Crippen LogP contribution < -0.4 is 0 Å². The number of hydrogen-bond acceptors (Lipinski definition) is 2. The van der Waals surface area contributed by atoms with E-state index >= 15 is 0 Å². The van der Waals surface area contributed by atoms with E-state index in [-0.39, 0.29) is 11.6 Å². The highest BCUT2D eigenvalue weighted by molar-refractivity contribution is 6.47. The molecule has 0 amide bonds. The summed E-state index contributed by atoms with van der Waals surface area (Å²) in [6.45, 7) is 0. The number of allylic oxidation sites excluding steroid dienone is 4. The van der Waals surface area contributed by atoms with Crippen molar-refractivity contribution in [2.45, 2.75) is 0 Å². The van der Waals surface area contributed by atoms with Crippen molar-refractivity contribution in [3.63, 3.8) is 0 Å². The Morgan fingerprint density at radius 1 is 0.500 bits per heavy atom. The fraction of sp³-hybridized carbons (Fsp3) is 0. The van der Waals surface area contributed by atoms with Crippen molar-refractivity contribution in [3.05, 3.63) is 82.9 Å². The van der Waals surface area contributed by atoms with Gasteiger partial charge in [0.25, 0.3) is 0 Å². The molecule has 0 unspecified atom stereocenters. The smallest absolute Gasteiger partial charge is 0.187 e. The molecule has 0 N–H and O–H groups in total. The van der Waals surface area contributed by atoms with Crippen molar-refractivity contribution in [3.8, 4) is 0 Å². The molecular formula is C20H12O2. The van der Waals surface area contributed by atoms with Crippen molar-refractivity contribution >= 4 is 34.9 Å². The van der Waals surface area contributed by atoms with Crippen LogP contribution in [0.4, 0.5) is 0 Å². The van der Waals surface area contributed by atoms with Crippen LogP contribution in [0, 0.1) is 0 Å². The quantitative estimate of drug-likeness (QED) is 0.690. The molecule has 0 atom stereocenters. The second kappa shape index (κ2) is 4.78. The number of carbonyl (C=O) groups is 2. The van der Waals surface area contributed by atoms with Crippen LogP contribution in [0.25, 0.3) is 23.3 Å². The molecule has 4 rings (SSSR count). The third-order valence-electron chi connectivity index (χ3n) is 4.03. The van der Waals surface area contributed by atoms with Crippen molar-refractivity contribution in [2.24, 2.45) is 0 Å². The van der Waals surface area contributed by atoms with E-state index in [9.17, 15) is 9.59 Å². The topological polar surface area (TPSA) is 34.1 Å². The minimum Gasteiger partial charge on any atom is -0.289 e. The Morgan fingerprint density at radius 2 is 0.909 bits per heavy atom. The molecule has 0 spiro atoms. The molecule has 104 valence electrons. The molecule has 0 aliphatic heterocycles. The molecule has 0 fully saturated rings. The SMILES string of the molecule is O=C1C=Cc2ccccc2/C1=C1/C(=O)C=Cc2ccccc21. The Kier molecular flexibility index (Phi) is 2.76. The molecule has 2 nitrogen and oxygen atoms in total. The molecule has 0 radical (unpaired) electrons. The summed E-state index contributed by atoms with van der Waals surface area (Å²) >= 11 is 0. The normalized spacial score (nSPS) is 19.1. The monoisotopic (exact) mass is 284 g/mol. The van der Waals surface area contributed by atoms with Gasteiger partial charge in [-0.1, -0.05) is 60.7 Å². The van der Waals surface area contributed by atoms with E-state index in [1.807, 2.05) is 48.5 Å². The van der Waals surface area contributed by atoms with E-state index in [2.05, 4.69) is 0 Å². The average Bonchev–Trinajstić information content (AvgIpc) is 2.56. The summed E-state index contributed by atoms with van der Waals surface area (Å²) in [4.78, 5) is 25.0. The van der Waals surface area contributed by atoms with Gasteiger partial charge in [-0.3, -0.25) is 9.59 Å². The van der Waals surface area contributed by atoms with Gasteiger partial charge in [-0.05, 0) is 34.4 Å². The van der Waals surface area contributed by atoms with Crippen LogP contribution in [0.5, 0.6) is 0 Å². The molecule has 0 saturated carbocycles. The van der Waals surface area contributed by atoms with Gasteiger partial charge in [0.1, 0.15) is 0 Å². The minimum absolute atomic E-state index is 0.118. The summed E-state index contributed by atoms with van der Waals surface area (Å²) in [7, 11) is 0. The summed E-state index contributed by atoms with van der Waals surface area (Å²) in [5.74, 6) is -0.237. The maximum Gasteiger partial charge on any atom is 0.187 e. The highest BCUT2D eigenvalue weighted by Gasteiger charge is 2.27. The Bertz CT molecular complexity index is 835. The number of ketones is 2. The second-order valence-corrected chi connectivity index (χ2v) is 5.32. The number of benzene rings is 2. The van der Waals surface area contributed by atoms with Crippen LogP contribution in [-0.4, -0.2) is 11.6 Å². The first-order chi connectivity index (χ1) is 10.8. The fourth-order valence-electron chi connectivity index (χ4n) is 3.02. The first-order valence-electron chi connectivity index (χ1n) is 7.13. The zero-order valence-electron chi connectivity index (χ0n) is 11.7. The summed E-state index contributed by atoms with van der Waals surface area (Å²) in [6.07, 6.45) is 6.69. The molecule has 2 aliphatic rings. The van der Waals surface area contributed by atoms with Gasteiger partial charge in [-0.15, -0.1) is 0 Å². The van der Waals surface area contributed by atoms with Gasteiger partial charge in [-0.2, -0.15) is 0 Å². The average molecular weight is 284 g/mol. The predicted molar refractivity (Wildman–Crippen MR) is 87.8 cm³/mol. The Hall–Kier alpha value is -3.00. The molecule has 2 aliphatic carbocycles. The number of rotatable bonds is 0. The Labute approximate surface area is 128 Å². The summed E-state index contributed by atoms with van der Waals surface area (Å²) in [6, 6.07) is 15.3. The fourth-order valence-corrected chi connectivity index (χ4v) is 3.02. The standard InChI is InChI=1S/C20H12O2/c21-17-11-9-13-5-1-3-7-15(13)19(17)20-16-8-4-2-6-14(16)10-12-18(20)22/h1-12H/b20-19-. The van der Waals surface area contributed by atoms with Crippen LogP contribution in [0.2, 0.25) is 0 Å². The highest BCUT2D eigenvalue weighted by Crippen LogP contribution is 2.37. The van der Waals surface area contributed by atoms with Gasteiger partial charge in [-0.25, -0.2) is 0 Å². The Balaban J connectivity index is 2.09. The molecule has 22 heavy (non-hydrogen) atoms. The van der Waals surface area contributed by atoms with E-state index in [0.717, 1.165) is 22.3 Å². The molecule has 2 aromatic carbocycles. The molecule has 0 bridgehead atoms. The number of fused-ring (bicyclic) bond motifs is 2. The van der Waals surface area contributed by atoms with E-state index in [4.69, 9.17) is 0 Å². The third-order valence-corrected chi connectivity index (χ3v) is 4.03. The van der Waals surface area contributed by atoms with Gasteiger partial charge < -0.3 is 0 Å². The van der Waals surface area contributed by atoms with E-state index in [1.165, 1.54) is 0 Å². The minimum atomic E-state index is -0.118. The second-order valence-electron chi connectivity index (χ2n) is 5.32. The summed E-state index contributed by atoms with van der Waals surface area (Å²) < 4.78 is 0. The predicted octanol–water partition coefficient (Wildman–Crippen LogP) is 3.79. The van der Waals surface area contributed by atoms with Crippen LogP contribution in [-0.2, 0) is 9.59 Å². The van der Waals surface area contributed by atoms with Crippen molar-refractivity contribution < 1.29 is 9.59 Å². The lowest BCUT2D eigenvalue weighted by Crippen LogP contribution is -2.13. The Morgan fingerprint density at radius 3 is 1.36 bits per heavy atom. The lowest BCUT2D eigenvalue weighted by Gasteiger charge is -2.20. The van der Waals surface area contributed by atoms with Crippen LogP contribution >= 0.6 is 0 Å². The molecular weight excluding hydrogens is 272 g/mol. The molecule has 0 saturated heterocycles. The molecule has 2 aromatic rings. The van der Waals surface area contributed by atoms with E-state index in [1.54, 1.807) is 24.3 Å². The highest BCUT2D eigenvalue weighted by atomic mass is 16.1. The zero-order valence-corrected chi connectivity index (χ0v) is 11.7. The molecule has 0 heterocycles. The first kappa shape index (κ1) is 12.7. The summed E-state index contributed by atoms with van der Waals surface area (Å²) in [5.41, 5.74) is 4.57. The van der Waals surface area contributed by atoms with Crippen LogP contribution in [0.1, 0.15) is 22.3 Å². The zero-order chi connectivity index (χ0) is 15.1. The third kappa shape index (κ3) is 1.81. The van der Waals surface area contributed by atoms with Gasteiger partial charge >= 0.3 is 0 Å². The first-order valence-corrected chi connectivity index (χ1v) is 7.13. The van der Waals surface area contributed by atoms with Gasteiger partial charge in [0.2, 0.25) is 0 Å². The number of carbonyl (C=O) groups excluding carboxylic acids is 2. The largest absolute Gasteiger partial charge is 0.289 e. The lowest BCUT2D eigenvalue weighted by atomic mass is 9.81. The number of hydrogen-bond donors (Lipinski definition) is 0. The summed E-state index contributed by atoms with van der Waals surface area (Å²) in [5, 5.41) is 0. The van der Waals surface area contributed by atoms with Crippen LogP contribution in [0.3, 0.4) is 0 Å². The van der Waals surface area contributed by atoms with Crippen molar-refractivity contribution in [1.82, 2.24) is 0 Å². The van der Waals surface area contributed by atoms with Gasteiger partial charge in [0.05, 0.1) is 0 Å². The maximum atomic E-state index is 12.5. The van der Waals surface area contributed by atoms with Gasteiger partial charge in [0, 0.05) is 11.1 Å². The molecule has 2 heteroatoms. The van der Waals surface area contributed by atoms with Crippen molar-refractivity contribution in [2.75, 3.05) is 0 Å². The van der Waals surface area contributed by atoms with Crippen molar-refractivity contribution in [1.29, 1.82) is 0 Å². The maximum absolute atomic E-state index is 12.5.